The summed E-state index contributed by atoms with van der Waals surface area (Å²) in [7, 11) is 0. The Morgan fingerprint density at radius 2 is 1.83 bits per heavy atom. The lowest BCUT2D eigenvalue weighted by Crippen LogP contribution is -2.24. The molecule has 0 spiro atoms. The van der Waals surface area contributed by atoms with Crippen LogP contribution in [0.15, 0.2) is 16.6 Å². The molecular formula is C14H20BrNO2. The zero-order valence-electron chi connectivity index (χ0n) is 11.0. The molecule has 1 aliphatic heterocycles. The van der Waals surface area contributed by atoms with Gasteiger partial charge in [-0.1, -0.05) is 29.8 Å². The Bertz CT molecular complexity index is 432. The lowest BCUT2D eigenvalue weighted by molar-refractivity contribution is 0.171. The van der Waals surface area contributed by atoms with Crippen molar-refractivity contribution in [2.24, 2.45) is 11.1 Å². The Labute approximate surface area is 117 Å². The van der Waals surface area contributed by atoms with Gasteiger partial charge in [0.2, 0.25) is 0 Å². The fourth-order valence-electron chi connectivity index (χ4n) is 1.87. The third kappa shape index (κ3) is 3.18. The van der Waals surface area contributed by atoms with Gasteiger partial charge in [-0.25, -0.2) is 0 Å². The van der Waals surface area contributed by atoms with Crippen molar-refractivity contribution in [3.63, 3.8) is 0 Å². The molecule has 3 nitrogen and oxygen atoms in total. The third-order valence-electron chi connectivity index (χ3n) is 3.33. The largest absolute Gasteiger partial charge is 0.486 e. The Hall–Kier alpha value is -0.740. The lowest BCUT2D eigenvalue weighted by atomic mass is 9.86. The van der Waals surface area contributed by atoms with E-state index in [-0.39, 0.29) is 5.41 Å². The minimum absolute atomic E-state index is 0.173. The molecule has 0 atom stereocenters. The highest BCUT2D eigenvalue weighted by Crippen LogP contribution is 2.36. The van der Waals surface area contributed by atoms with E-state index in [4.69, 9.17) is 15.2 Å². The van der Waals surface area contributed by atoms with E-state index >= 15 is 0 Å². The van der Waals surface area contributed by atoms with Gasteiger partial charge >= 0.3 is 0 Å². The van der Waals surface area contributed by atoms with E-state index in [1.165, 1.54) is 5.56 Å². The summed E-state index contributed by atoms with van der Waals surface area (Å²) in [4.78, 5) is 0. The van der Waals surface area contributed by atoms with Crippen molar-refractivity contribution in [3.05, 3.63) is 22.2 Å². The van der Waals surface area contributed by atoms with Gasteiger partial charge < -0.3 is 15.2 Å². The highest BCUT2D eigenvalue weighted by molar-refractivity contribution is 9.10. The maximum absolute atomic E-state index is 5.76. The molecule has 1 heterocycles. The van der Waals surface area contributed by atoms with E-state index < -0.39 is 0 Å². The quantitative estimate of drug-likeness (QED) is 0.928. The molecule has 0 bridgehead atoms. The number of ether oxygens (including phenoxy) is 2. The first kappa shape index (κ1) is 13.7. The summed E-state index contributed by atoms with van der Waals surface area (Å²) in [5, 5.41) is 0. The van der Waals surface area contributed by atoms with Gasteiger partial charge in [0.15, 0.2) is 11.5 Å². The summed E-state index contributed by atoms with van der Waals surface area (Å²) in [5.41, 5.74) is 7.19. The monoisotopic (exact) mass is 313 g/mol. The zero-order chi connectivity index (χ0) is 13.2. The van der Waals surface area contributed by atoms with Crippen molar-refractivity contribution >= 4 is 15.9 Å². The van der Waals surface area contributed by atoms with Crippen LogP contribution in [0.5, 0.6) is 11.5 Å². The molecule has 4 heteroatoms. The first-order valence-corrected chi connectivity index (χ1v) is 7.09. The molecule has 18 heavy (non-hydrogen) atoms. The predicted octanol–water partition coefficient (Wildman–Crippen LogP) is 3.14. The Morgan fingerprint density at radius 1 is 1.22 bits per heavy atom. The fraction of sp³-hybridized carbons (Fsp3) is 0.571. The van der Waals surface area contributed by atoms with Gasteiger partial charge in [-0.15, -0.1) is 0 Å². The van der Waals surface area contributed by atoms with E-state index in [1.807, 2.05) is 6.07 Å². The van der Waals surface area contributed by atoms with E-state index in [1.54, 1.807) is 0 Å². The SMILES string of the molecule is CC(C)(CN)CCc1cc2c(cc1Br)OCCO2. The van der Waals surface area contributed by atoms with Crippen LogP contribution in [0, 0.1) is 5.41 Å². The fourth-order valence-corrected chi connectivity index (χ4v) is 2.39. The van der Waals surface area contributed by atoms with E-state index in [2.05, 4.69) is 35.8 Å². The van der Waals surface area contributed by atoms with Crippen molar-refractivity contribution in [2.75, 3.05) is 19.8 Å². The minimum Gasteiger partial charge on any atom is -0.486 e. The normalized spacial score (nSPS) is 14.7. The van der Waals surface area contributed by atoms with Crippen LogP contribution in [0.25, 0.3) is 0 Å². The summed E-state index contributed by atoms with van der Waals surface area (Å²) in [6, 6.07) is 4.07. The molecule has 0 fully saturated rings. The van der Waals surface area contributed by atoms with E-state index in [9.17, 15) is 0 Å². The van der Waals surface area contributed by atoms with Crippen LogP contribution in [0.4, 0.5) is 0 Å². The molecule has 0 unspecified atom stereocenters. The Morgan fingerprint density at radius 3 is 2.44 bits per heavy atom. The standard InChI is InChI=1S/C14H20BrNO2/c1-14(2,9-16)4-3-10-7-12-13(8-11(10)15)18-6-5-17-12/h7-8H,3-6,9,16H2,1-2H3. The van der Waals surface area contributed by atoms with Crippen LogP contribution in [0.3, 0.4) is 0 Å². The number of benzene rings is 1. The lowest BCUT2D eigenvalue weighted by Gasteiger charge is -2.24. The third-order valence-corrected chi connectivity index (χ3v) is 4.07. The summed E-state index contributed by atoms with van der Waals surface area (Å²) in [5.74, 6) is 1.68. The smallest absolute Gasteiger partial charge is 0.162 e. The molecule has 1 aromatic carbocycles. The van der Waals surface area contributed by atoms with Gasteiger partial charge in [0.05, 0.1) is 0 Å². The van der Waals surface area contributed by atoms with Gasteiger partial charge in [-0.2, -0.15) is 0 Å². The second kappa shape index (κ2) is 5.49. The summed E-state index contributed by atoms with van der Waals surface area (Å²) in [6.07, 6.45) is 2.04. The molecule has 1 aliphatic rings. The number of halogens is 1. The second-order valence-electron chi connectivity index (χ2n) is 5.46. The minimum atomic E-state index is 0.173. The molecule has 2 rings (SSSR count). The van der Waals surface area contributed by atoms with Crippen LogP contribution in [0.2, 0.25) is 0 Å². The number of hydrogen-bond acceptors (Lipinski definition) is 3. The molecule has 0 aromatic heterocycles. The van der Waals surface area contributed by atoms with Gasteiger partial charge in [0, 0.05) is 4.47 Å². The maximum atomic E-state index is 5.76. The van der Waals surface area contributed by atoms with Gasteiger partial charge in [0.25, 0.3) is 0 Å². The molecule has 0 amide bonds. The average Bonchev–Trinajstić information content (AvgIpc) is 2.36. The molecule has 100 valence electrons. The number of nitrogens with two attached hydrogens (primary N) is 1. The van der Waals surface area contributed by atoms with Crippen LogP contribution in [-0.4, -0.2) is 19.8 Å². The van der Waals surface area contributed by atoms with Crippen LogP contribution in [0.1, 0.15) is 25.8 Å². The van der Waals surface area contributed by atoms with Crippen LogP contribution >= 0.6 is 15.9 Å². The summed E-state index contributed by atoms with van der Waals surface area (Å²) < 4.78 is 12.2. The molecule has 0 saturated carbocycles. The van der Waals surface area contributed by atoms with Gasteiger partial charge in [0.1, 0.15) is 13.2 Å². The topological polar surface area (TPSA) is 44.5 Å². The first-order valence-electron chi connectivity index (χ1n) is 6.30. The molecule has 0 aliphatic carbocycles. The highest BCUT2D eigenvalue weighted by Gasteiger charge is 2.18. The molecule has 0 radical (unpaired) electrons. The predicted molar refractivity (Wildman–Crippen MR) is 76.3 cm³/mol. The average molecular weight is 314 g/mol. The number of fused-ring (bicyclic) bond motifs is 1. The maximum Gasteiger partial charge on any atom is 0.162 e. The summed E-state index contributed by atoms with van der Waals surface area (Å²) >= 11 is 3.60. The first-order chi connectivity index (χ1) is 8.52. The van der Waals surface area contributed by atoms with Crippen molar-refractivity contribution in [1.29, 1.82) is 0 Å². The highest BCUT2D eigenvalue weighted by atomic mass is 79.9. The molecule has 1 aromatic rings. The van der Waals surface area contributed by atoms with Crippen molar-refractivity contribution < 1.29 is 9.47 Å². The molecule has 2 N–H and O–H groups in total. The molecule has 0 saturated heterocycles. The summed E-state index contributed by atoms with van der Waals surface area (Å²) in [6.45, 7) is 6.34. The van der Waals surface area contributed by atoms with E-state index in [0.717, 1.165) is 28.8 Å². The van der Waals surface area contributed by atoms with E-state index in [0.29, 0.717) is 19.8 Å². The van der Waals surface area contributed by atoms with Gasteiger partial charge in [-0.3, -0.25) is 0 Å². The second-order valence-corrected chi connectivity index (χ2v) is 6.31. The number of rotatable bonds is 4. The zero-order valence-corrected chi connectivity index (χ0v) is 12.5. The van der Waals surface area contributed by atoms with Crippen molar-refractivity contribution in [2.45, 2.75) is 26.7 Å². The van der Waals surface area contributed by atoms with Crippen molar-refractivity contribution in [3.8, 4) is 11.5 Å². The Balaban J connectivity index is 2.13. The Kier molecular flexibility index (Phi) is 4.17. The van der Waals surface area contributed by atoms with Crippen LogP contribution in [-0.2, 0) is 6.42 Å². The van der Waals surface area contributed by atoms with Gasteiger partial charge in [-0.05, 0) is 42.5 Å². The number of aryl methyl sites for hydroxylation is 1. The molecular weight excluding hydrogens is 294 g/mol. The number of hydrogen-bond donors (Lipinski definition) is 1. The van der Waals surface area contributed by atoms with Crippen molar-refractivity contribution in [1.82, 2.24) is 0 Å². The van der Waals surface area contributed by atoms with Crippen LogP contribution < -0.4 is 15.2 Å².